The summed E-state index contributed by atoms with van der Waals surface area (Å²) in [5, 5.41) is 3.03. The molecule has 1 saturated heterocycles. The van der Waals surface area contributed by atoms with Crippen molar-refractivity contribution in [3.05, 3.63) is 0 Å². The highest BCUT2D eigenvalue weighted by Gasteiger charge is 2.27. The Bertz CT molecular complexity index is 143. The maximum absolute atomic E-state index is 11.1. The van der Waals surface area contributed by atoms with Crippen molar-refractivity contribution < 1.29 is 9.53 Å². The lowest BCUT2D eigenvalue weighted by atomic mass is 10.0. The molecule has 3 heteroatoms. The molecule has 11 heavy (non-hydrogen) atoms. The predicted octanol–water partition coefficient (Wildman–Crippen LogP) is 0.547. The minimum Gasteiger partial charge on any atom is -0.462 e. The molecule has 1 unspecified atom stereocenters. The van der Waals surface area contributed by atoms with Crippen LogP contribution in [0, 0.1) is 5.92 Å². The van der Waals surface area contributed by atoms with Crippen LogP contribution in [0.15, 0.2) is 0 Å². The van der Waals surface area contributed by atoms with Gasteiger partial charge in [-0.1, -0.05) is 6.92 Å². The quantitative estimate of drug-likeness (QED) is 0.608. The van der Waals surface area contributed by atoms with E-state index in [2.05, 4.69) is 5.32 Å². The number of ether oxygens (including phenoxy) is 1. The first kappa shape index (κ1) is 8.53. The molecule has 1 rings (SSSR count). The van der Waals surface area contributed by atoms with Crippen LogP contribution in [0.3, 0.4) is 0 Å². The molecule has 64 valence electrons. The first-order valence-corrected chi connectivity index (χ1v) is 4.15. The predicted molar refractivity (Wildman–Crippen MR) is 42.2 cm³/mol. The van der Waals surface area contributed by atoms with Crippen molar-refractivity contribution in [3.8, 4) is 0 Å². The molecule has 0 aromatic rings. The largest absolute Gasteiger partial charge is 0.462 e. The van der Waals surface area contributed by atoms with Crippen LogP contribution in [0.25, 0.3) is 0 Å². The highest BCUT2D eigenvalue weighted by Crippen LogP contribution is 2.08. The molecule has 0 radical (unpaired) electrons. The third-order valence-corrected chi connectivity index (χ3v) is 2.01. The summed E-state index contributed by atoms with van der Waals surface area (Å²) in [7, 11) is 0. The van der Waals surface area contributed by atoms with E-state index in [0.717, 1.165) is 19.5 Å². The second kappa shape index (κ2) is 3.72. The lowest BCUT2D eigenvalue weighted by molar-refractivity contribution is -0.155. The van der Waals surface area contributed by atoms with Gasteiger partial charge in [0.15, 0.2) is 0 Å². The third kappa shape index (κ3) is 2.19. The zero-order valence-corrected chi connectivity index (χ0v) is 7.09. The molecule has 0 bridgehead atoms. The Morgan fingerprint density at radius 1 is 1.73 bits per heavy atom. The van der Waals surface area contributed by atoms with Crippen LogP contribution < -0.4 is 5.32 Å². The number of hydrogen-bond donors (Lipinski definition) is 1. The number of hydrogen-bond acceptors (Lipinski definition) is 3. The van der Waals surface area contributed by atoms with Gasteiger partial charge in [0.1, 0.15) is 0 Å². The fraction of sp³-hybridized carbons (Fsp3) is 0.875. The third-order valence-electron chi connectivity index (χ3n) is 2.01. The Balaban J connectivity index is 2.19. The minimum atomic E-state index is -0.0434. The molecule has 0 amide bonds. The van der Waals surface area contributed by atoms with Gasteiger partial charge >= 0.3 is 5.97 Å². The molecule has 0 aliphatic carbocycles. The molecular weight excluding hydrogens is 142 g/mol. The van der Waals surface area contributed by atoms with Gasteiger partial charge in [-0.15, -0.1) is 0 Å². The van der Waals surface area contributed by atoms with Crippen LogP contribution in [-0.2, 0) is 9.53 Å². The van der Waals surface area contributed by atoms with E-state index in [1.165, 1.54) is 0 Å². The molecule has 1 atom stereocenters. The lowest BCUT2D eigenvalue weighted by Gasteiger charge is -2.26. The minimum absolute atomic E-state index is 0.0434. The average Bonchev–Trinajstić information content (AvgIpc) is 1.83. The summed E-state index contributed by atoms with van der Waals surface area (Å²) in [6.45, 7) is 5.51. The van der Waals surface area contributed by atoms with Crippen LogP contribution in [0.1, 0.15) is 20.3 Å². The first-order valence-electron chi connectivity index (χ1n) is 4.15. The van der Waals surface area contributed by atoms with Crippen molar-refractivity contribution in [1.29, 1.82) is 0 Å². The molecule has 1 aliphatic heterocycles. The van der Waals surface area contributed by atoms with Crippen molar-refractivity contribution in [1.82, 2.24) is 5.32 Å². The highest BCUT2D eigenvalue weighted by atomic mass is 16.5. The van der Waals surface area contributed by atoms with E-state index in [0.29, 0.717) is 0 Å². The molecule has 1 fully saturated rings. The summed E-state index contributed by atoms with van der Waals surface area (Å²) in [5.41, 5.74) is 0. The Kier molecular flexibility index (Phi) is 2.88. The Morgan fingerprint density at radius 3 is 2.73 bits per heavy atom. The van der Waals surface area contributed by atoms with Crippen LogP contribution in [0.5, 0.6) is 0 Å². The molecule has 1 aliphatic rings. The van der Waals surface area contributed by atoms with Crippen LogP contribution in [-0.4, -0.2) is 25.2 Å². The van der Waals surface area contributed by atoms with E-state index >= 15 is 0 Å². The Hall–Kier alpha value is -0.570. The smallest absolute Gasteiger partial charge is 0.311 e. The van der Waals surface area contributed by atoms with E-state index in [4.69, 9.17) is 4.74 Å². The van der Waals surface area contributed by atoms with Gasteiger partial charge in [0.05, 0.1) is 12.0 Å². The van der Waals surface area contributed by atoms with Crippen LogP contribution >= 0.6 is 0 Å². The molecule has 3 nitrogen and oxygen atoms in total. The van der Waals surface area contributed by atoms with Gasteiger partial charge in [-0.05, 0) is 13.3 Å². The number of esters is 1. The summed E-state index contributed by atoms with van der Waals surface area (Å²) in [5.74, 6) is 0.0714. The van der Waals surface area contributed by atoms with Gasteiger partial charge < -0.3 is 10.1 Å². The number of nitrogens with one attached hydrogen (secondary N) is 1. The van der Waals surface area contributed by atoms with E-state index in [1.807, 2.05) is 13.8 Å². The highest BCUT2D eigenvalue weighted by molar-refractivity contribution is 5.74. The van der Waals surface area contributed by atoms with Gasteiger partial charge in [0, 0.05) is 13.1 Å². The maximum atomic E-state index is 11.1. The number of carbonyl (C=O) groups is 1. The van der Waals surface area contributed by atoms with E-state index < -0.39 is 0 Å². The molecule has 0 spiro atoms. The topological polar surface area (TPSA) is 38.3 Å². The monoisotopic (exact) mass is 157 g/mol. The normalized spacial score (nSPS) is 20.5. The SMILES string of the molecule is CCC(C)OC(=O)C1CNC1. The van der Waals surface area contributed by atoms with Crippen molar-refractivity contribution >= 4 is 5.97 Å². The van der Waals surface area contributed by atoms with E-state index in [1.54, 1.807) is 0 Å². The number of rotatable bonds is 3. The Morgan fingerprint density at radius 2 is 2.36 bits per heavy atom. The van der Waals surface area contributed by atoms with E-state index in [-0.39, 0.29) is 18.0 Å². The molecule has 0 aromatic heterocycles. The summed E-state index contributed by atoms with van der Waals surface area (Å²) >= 11 is 0. The summed E-state index contributed by atoms with van der Waals surface area (Å²) in [6.07, 6.45) is 0.967. The molecular formula is C8H15NO2. The second-order valence-corrected chi connectivity index (χ2v) is 3.01. The number of carbonyl (C=O) groups excluding carboxylic acids is 1. The summed E-state index contributed by atoms with van der Waals surface area (Å²) in [4.78, 5) is 11.1. The lowest BCUT2D eigenvalue weighted by Crippen LogP contribution is -2.47. The molecule has 1 heterocycles. The fourth-order valence-electron chi connectivity index (χ4n) is 0.833. The standard InChI is InChI=1S/C8H15NO2/c1-3-6(2)11-8(10)7-4-9-5-7/h6-7,9H,3-5H2,1-2H3. The van der Waals surface area contributed by atoms with Crippen molar-refractivity contribution in [2.75, 3.05) is 13.1 Å². The molecule has 0 saturated carbocycles. The van der Waals surface area contributed by atoms with Crippen LogP contribution in [0.2, 0.25) is 0 Å². The van der Waals surface area contributed by atoms with E-state index in [9.17, 15) is 4.79 Å². The van der Waals surface area contributed by atoms with Gasteiger partial charge in [-0.3, -0.25) is 4.79 Å². The van der Waals surface area contributed by atoms with Crippen molar-refractivity contribution in [3.63, 3.8) is 0 Å². The maximum Gasteiger partial charge on any atom is 0.311 e. The fourth-order valence-corrected chi connectivity index (χ4v) is 0.833. The van der Waals surface area contributed by atoms with Gasteiger partial charge in [-0.25, -0.2) is 0 Å². The second-order valence-electron chi connectivity index (χ2n) is 3.01. The summed E-state index contributed by atoms with van der Waals surface area (Å²) in [6, 6.07) is 0. The zero-order chi connectivity index (χ0) is 8.27. The van der Waals surface area contributed by atoms with Crippen molar-refractivity contribution in [2.45, 2.75) is 26.4 Å². The van der Waals surface area contributed by atoms with Gasteiger partial charge in [0.25, 0.3) is 0 Å². The molecule has 1 N–H and O–H groups in total. The van der Waals surface area contributed by atoms with Crippen molar-refractivity contribution in [2.24, 2.45) is 5.92 Å². The summed E-state index contributed by atoms with van der Waals surface area (Å²) < 4.78 is 5.12. The molecule has 0 aromatic carbocycles. The van der Waals surface area contributed by atoms with Gasteiger partial charge in [0.2, 0.25) is 0 Å². The first-order chi connectivity index (χ1) is 5.24. The Labute approximate surface area is 67.1 Å². The zero-order valence-electron chi connectivity index (χ0n) is 7.09. The van der Waals surface area contributed by atoms with Gasteiger partial charge in [-0.2, -0.15) is 0 Å². The van der Waals surface area contributed by atoms with Crippen LogP contribution in [0.4, 0.5) is 0 Å². The average molecular weight is 157 g/mol.